The standard InChI is InChI=1S/C63H112NO8P/c1-3-5-7-9-11-13-15-17-19-21-22-23-24-25-26-27-28-29-30-31-32-33-34-35-36-37-38-40-42-44-46-48-50-52-54-56-63(66)72-61(60-71-73(67,68)70-58-57-64)59-69-62(65)55-53-51-49-47-45-43-41-39-20-18-16-14-12-10-8-6-4-2/h5,7,11,13,17,19,22-23,25-26,28-29,31-32,61H,3-4,6,8-10,12,14-16,18,20-21,24,27,30,33-60,64H2,1-2H3,(H,67,68)/b7-5-,13-11-,19-17-,23-22-,26-25-,29-28-,32-31-. The molecular formula is C63H112NO8P. The number of carbonyl (C=O) groups is 2. The SMILES string of the molecule is CC/C=C\C/C=C\C/C=C\C/C=C\C/C=C\C/C=C\C/C=C\CCCCCCCCCCCCCCCC(=O)OC(COC(=O)CCCCCCCCCCCCCCCCCCC)COP(=O)(O)OCCN. The van der Waals surface area contributed by atoms with E-state index in [9.17, 15) is 19.0 Å². The fourth-order valence-electron chi connectivity index (χ4n) is 8.38. The van der Waals surface area contributed by atoms with Crippen molar-refractivity contribution in [3.8, 4) is 0 Å². The van der Waals surface area contributed by atoms with E-state index >= 15 is 0 Å². The molecule has 422 valence electrons. The Balaban J connectivity index is 3.92. The summed E-state index contributed by atoms with van der Waals surface area (Å²) >= 11 is 0. The van der Waals surface area contributed by atoms with E-state index in [0.717, 1.165) is 83.5 Å². The van der Waals surface area contributed by atoms with Gasteiger partial charge in [-0.25, -0.2) is 4.57 Å². The van der Waals surface area contributed by atoms with Crippen LogP contribution in [0.5, 0.6) is 0 Å². The molecule has 0 amide bonds. The molecule has 0 aliphatic carbocycles. The second-order valence-corrected chi connectivity index (χ2v) is 21.3. The van der Waals surface area contributed by atoms with Crippen molar-refractivity contribution in [2.75, 3.05) is 26.4 Å². The van der Waals surface area contributed by atoms with Crippen molar-refractivity contribution in [2.24, 2.45) is 5.73 Å². The monoisotopic (exact) mass is 1040 g/mol. The zero-order valence-electron chi connectivity index (χ0n) is 47.1. The van der Waals surface area contributed by atoms with Crippen molar-refractivity contribution in [3.05, 3.63) is 85.1 Å². The molecule has 0 rings (SSSR count). The van der Waals surface area contributed by atoms with Gasteiger partial charge in [0.1, 0.15) is 6.61 Å². The van der Waals surface area contributed by atoms with Gasteiger partial charge in [0.25, 0.3) is 0 Å². The summed E-state index contributed by atoms with van der Waals surface area (Å²) < 4.78 is 33.0. The Bertz CT molecular complexity index is 1470. The predicted octanol–water partition coefficient (Wildman–Crippen LogP) is 19.1. The minimum atomic E-state index is -4.39. The average Bonchev–Trinajstić information content (AvgIpc) is 3.38. The number of rotatable bonds is 56. The number of carbonyl (C=O) groups excluding carboxylic acids is 2. The topological polar surface area (TPSA) is 134 Å². The highest BCUT2D eigenvalue weighted by Gasteiger charge is 2.26. The quantitative estimate of drug-likeness (QED) is 0.0264. The molecule has 2 unspecified atom stereocenters. The average molecular weight is 1040 g/mol. The normalized spacial score (nSPS) is 13.6. The molecule has 0 radical (unpaired) electrons. The third kappa shape index (κ3) is 58.3. The molecule has 0 bridgehead atoms. The van der Waals surface area contributed by atoms with Gasteiger partial charge in [0, 0.05) is 19.4 Å². The van der Waals surface area contributed by atoms with Crippen molar-refractivity contribution in [3.63, 3.8) is 0 Å². The fourth-order valence-corrected chi connectivity index (χ4v) is 9.15. The van der Waals surface area contributed by atoms with Gasteiger partial charge in [0.2, 0.25) is 0 Å². The fraction of sp³-hybridized carbons (Fsp3) is 0.746. The van der Waals surface area contributed by atoms with E-state index < -0.39 is 26.5 Å². The van der Waals surface area contributed by atoms with Gasteiger partial charge in [-0.15, -0.1) is 0 Å². The second-order valence-electron chi connectivity index (χ2n) is 19.8. The largest absolute Gasteiger partial charge is 0.472 e. The van der Waals surface area contributed by atoms with Crippen LogP contribution in [0.4, 0.5) is 0 Å². The smallest absolute Gasteiger partial charge is 0.462 e. The van der Waals surface area contributed by atoms with Gasteiger partial charge in [0.15, 0.2) is 6.10 Å². The highest BCUT2D eigenvalue weighted by atomic mass is 31.2. The Morgan fingerprint density at radius 1 is 0.425 bits per heavy atom. The summed E-state index contributed by atoms with van der Waals surface area (Å²) in [5.74, 6) is -0.821. The molecule has 73 heavy (non-hydrogen) atoms. The second kappa shape index (κ2) is 58.5. The molecule has 0 aromatic rings. The number of esters is 2. The van der Waals surface area contributed by atoms with Crippen molar-refractivity contribution in [1.29, 1.82) is 0 Å². The Labute approximate surface area is 449 Å². The number of unbranched alkanes of at least 4 members (excludes halogenated alkanes) is 29. The summed E-state index contributed by atoms with van der Waals surface area (Å²) in [6.45, 7) is 3.66. The van der Waals surface area contributed by atoms with Crippen LogP contribution in [0.15, 0.2) is 85.1 Å². The van der Waals surface area contributed by atoms with Crippen LogP contribution in [-0.2, 0) is 32.7 Å². The first-order valence-corrected chi connectivity index (χ1v) is 31.6. The van der Waals surface area contributed by atoms with Gasteiger partial charge in [-0.05, 0) is 70.6 Å². The summed E-state index contributed by atoms with van der Waals surface area (Å²) in [4.78, 5) is 35.2. The minimum absolute atomic E-state index is 0.0522. The number of hydrogen-bond donors (Lipinski definition) is 2. The van der Waals surface area contributed by atoms with Crippen LogP contribution in [0.1, 0.15) is 271 Å². The van der Waals surface area contributed by atoms with E-state index in [4.69, 9.17) is 24.3 Å². The molecular weight excluding hydrogens is 930 g/mol. The van der Waals surface area contributed by atoms with Gasteiger partial charge in [-0.1, -0.05) is 272 Å². The lowest BCUT2D eigenvalue weighted by molar-refractivity contribution is -0.161. The van der Waals surface area contributed by atoms with Crippen LogP contribution in [0, 0.1) is 0 Å². The van der Waals surface area contributed by atoms with E-state index in [0.29, 0.717) is 6.42 Å². The zero-order valence-corrected chi connectivity index (χ0v) is 48.0. The van der Waals surface area contributed by atoms with E-state index in [2.05, 4.69) is 98.9 Å². The van der Waals surface area contributed by atoms with Crippen LogP contribution in [0.3, 0.4) is 0 Å². The van der Waals surface area contributed by atoms with Gasteiger partial charge in [-0.3, -0.25) is 18.6 Å². The molecule has 0 saturated heterocycles. The van der Waals surface area contributed by atoms with Crippen molar-refractivity contribution in [2.45, 2.75) is 277 Å². The lowest BCUT2D eigenvalue weighted by atomic mass is 10.0. The van der Waals surface area contributed by atoms with Crippen molar-refractivity contribution in [1.82, 2.24) is 0 Å². The number of ether oxygens (including phenoxy) is 2. The lowest BCUT2D eigenvalue weighted by Crippen LogP contribution is -2.29. The van der Waals surface area contributed by atoms with E-state index in [-0.39, 0.29) is 38.6 Å². The number of hydrogen-bond acceptors (Lipinski definition) is 8. The van der Waals surface area contributed by atoms with Crippen LogP contribution < -0.4 is 5.73 Å². The Morgan fingerprint density at radius 2 is 0.753 bits per heavy atom. The Morgan fingerprint density at radius 3 is 1.12 bits per heavy atom. The van der Waals surface area contributed by atoms with Gasteiger partial charge in [-0.2, -0.15) is 0 Å². The molecule has 0 fully saturated rings. The first-order valence-electron chi connectivity index (χ1n) is 30.1. The molecule has 9 nitrogen and oxygen atoms in total. The number of nitrogens with two attached hydrogens (primary N) is 1. The number of phosphoric ester groups is 1. The van der Waals surface area contributed by atoms with Crippen LogP contribution >= 0.6 is 7.82 Å². The van der Waals surface area contributed by atoms with Crippen LogP contribution in [0.2, 0.25) is 0 Å². The van der Waals surface area contributed by atoms with Crippen LogP contribution in [0.25, 0.3) is 0 Å². The first-order chi connectivity index (χ1) is 35.8. The maximum atomic E-state index is 12.7. The summed E-state index contributed by atoms with van der Waals surface area (Å²) in [6.07, 6.45) is 76.4. The molecule has 10 heteroatoms. The molecule has 0 aliphatic heterocycles. The van der Waals surface area contributed by atoms with E-state index in [1.807, 2.05) is 0 Å². The summed E-state index contributed by atoms with van der Waals surface area (Å²) in [6, 6.07) is 0. The Hall–Kier alpha value is -2.81. The van der Waals surface area contributed by atoms with E-state index in [1.54, 1.807) is 0 Å². The highest BCUT2D eigenvalue weighted by molar-refractivity contribution is 7.47. The molecule has 0 aromatic carbocycles. The molecule has 0 aliphatic rings. The number of allylic oxidation sites excluding steroid dienone is 14. The minimum Gasteiger partial charge on any atom is -0.462 e. The summed E-state index contributed by atoms with van der Waals surface area (Å²) in [5.41, 5.74) is 5.38. The summed E-state index contributed by atoms with van der Waals surface area (Å²) in [7, 11) is -4.39. The lowest BCUT2D eigenvalue weighted by Gasteiger charge is -2.19. The maximum absolute atomic E-state index is 12.7. The third-order valence-corrected chi connectivity index (χ3v) is 13.8. The summed E-state index contributed by atoms with van der Waals surface area (Å²) in [5, 5.41) is 0. The van der Waals surface area contributed by atoms with Gasteiger partial charge < -0.3 is 20.1 Å². The number of phosphoric acid groups is 1. The molecule has 0 saturated carbocycles. The first kappa shape index (κ1) is 70.2. The zero-order chi connectivity index (χ0) is 53.1. The molecule has 0 spiro atoms. The Kier molecular flexibility index (Phi) is 56.2. The van der Waals surface area contributed by atoms with Crippen molar-refractivity contribution >= 4 is 19.8 Å². The molecule has 2 atom stereocenters. The maximum Gasteiger partial charge on any atom is 0.472 e. The van der Waals surface area contributed by atoms with Gasteiger partial charge in [0.05, 0.1) is 13.2 Å². The molecule has 0 heterocycles. The highest BCUT2D eigenvalue weighted by Crippen LogP contribution is 2.43. The third-order valence-electron chi connectivity index (χ3n) is 12.8. The molecule has 0 aromatic heterocycles. The van der Waals surface area contributed by atoms with Gasteiger partial charge >= 0.3 is 19.8 Å². The van der Waals surface area contributed by atoms with E-state index in [1.165, 1.54) is 154 Å². The predicted molar refractivity (Wildman–Crippen MR) is 312 cm³/mol. The van der Waals surface area contributed by atoms with Crippen LogP contribution in [-0.4, -0.2) is 49.3 Å². The van der Waals surface area contributed by atoms with Crippen molar-refractivity contribution < 1.29 is 37.6 Å². The molecule has 3 N–H and O–H groups in total.